The number of halogens is 1. The van der Waals surface area contributed by atoms with Crippen molar-refractivity contribution >= 4 is 0 Å². The van der Waals surface area contributed by atoms with Crippen molar-refractivity contribution in [2.24, 2.45) is 5.73 Å². The molecular formula is C17H20FNO2. The van der Waals surface area contributed by atoms with Crippen molar-refractivity contribution in [2.75, 3.05) is 14.2 Å². The Bertz CT molecular complexity index is 601. The van der Waals surface area contributed by atoms with Crippen LogP contribution in [0.5, 0.6) is 11.5 Å². The second-order valence-electron chi connectivity index (χ2n) is 4.85. The van der Waals surface area contributed by atoms with Crippen LogP contribution < -0.4 is 15.2 Å². The summed E-state index contributed by atoms with van der Waals surface area (Å²) in [6.07, 6.45) is 1.26. The smallest absolute Gasteiger partial charge is 0.161 e. The highest BCUT2D eigenvalue weighted by atomic mass is 19.1. The molecule has 2 N–H and O–H groups in total. The fourth-order valence-corrected chi connectivity index (χ4v) is 2.26. The van der Waals surface area contributed by atoms with Crippen molar-refractivity contribution in [3.8, 4) is 11.5 Å². The first-order valence-electron chi connectivity index (χ1n) is 6.86. The van der Waals surface area contributed by atoms with Gasteiger partial charge in [0.25, 0.3) is 0 Å². The monoisotopic (exact) mass is 289 g/mol. The lowest BCUT2D eigenvalue weighted by Gasteiger charge is -2.15. The van der Waals surface area contributed by atoms with Crippen LogP contribution in [0.15, 0.2) is 42.5 Å². The van der Waals surface area contributed by atoms with E-state index in [0.717, 1.165) is 5.56 Å². The van der Waals surface area contributed by atoms with Crippen LogP contribution in [0.3, 0.4) is 0 Å². The summed E-state index contributed by atoms with van der Waals surface area (Å²) in [4.78, 5) is 0. The van der Waals surface area contributed by atoms with Gasteiger partial charge >= 0.3 is 0 Å². The molecule has 2 rings (SSSR count). The molecule has 0 aromatic heterocycles. The zero-order valence-electron chi connectivity index (χ0n) is 12.3. The fourth-order valence-electron chi connectivity index (χ4n) is 2.26. The molecule has 0 aliphatic heterocycles. The maximum absolute atomic E-state index is 13.6. The summed E-state index contributed by atoms with van der Waals surface area (Å²) in [5, 5.41) is 0. The van der Waals surface area contributed by atoms with E-state index in [1.54, 1.807) is 26.4 Å². The van der Waals surface area contributed by atoms with Crippen LogP contribution in [0.25, 0.3) is 0 Å². The van der Waals surface area contributed by atoms with Crippen LogP contribution in [-0.4, -0.2) is 14.2 Å². The Labute approximate surface area is 124 Å². The van der Waals surface area contributed by atoms with E-state index in [4.69, 9.17) is 15.2 Å². The molecule has 0 bridgehead atoms. The number of benzene rings is 2. The van der Waals surface area contributed by atoms with Gasteiger partial charge in [0.15, 0.2) is 11.5 Å². The van der Waals surface area contributed by atoms with E-state index < -0.39 is 0 Å². The minimum absolute atomic E-state index is 0.176. The third-order valence-corrected chi connectivity index (χ3v) is 3.52. The Kier molecular flexibility index (Phi) is 5.17. The fraction of sp³-hybridized carbons (Fsp3) is 0.294. The van der Waals surface area contributed by atoms with Crippen molar-refractivity contribution < 1.29 is 13.9 Å². The van der Waals surface area contributed by atoms with Crippen molar-refractivity contribution in [3.63, 3.8) is 0 Å². The number of aryl methyl sites for hydroxylation is 1. The lowest BCUT2D eigenvalue weighted by molar-refractivity contribution is 0.354. The van der Waals surface area contributed by atoms with E-state index in [-0.39, 0.29) is 11.9 Å². The minimum atomic E-state index is -0.183. The van der Waals surface area contributed by atoms with Gasteiger partial charge in [0.2, 0.25) is 0 Å². The topological polar surface area (TPSA) is 44.5 Å². The van der Waals surface area contributed by atoms with Crippen LogP contribution in [0.4, 0.5) is 4.39 Å². The Morgan fingerprint density at radius 1 is 1.05 bits per heavy atom. The van der Waals surface area contributed by atoms with Crippen molar-refractivity contribution in [1.29, 1.82) is 0 Å². The molecule has 0 aliphatic carbocycles. The average molecular weight is 289 g/mol. The van der Waals surface area contributed by atoms with Gasteiger partial charge in [-0.1, -0.05) is 24.3 Å². The van der Waals surface area contributed by atoms with Crippen molar-refractivity contribution in [2.45, 2.75) is 18.9 Å². The summed E-state index contributed by atoms with van der Waals surface area (Å²) in [7, 11) is 3.18. The lowest BCUT2D eigenvalue weighted by Crippen LogP contribution is -2.12. The Hall–Kier alpha value is -2.07. The summed E-state index contributed by atoms with van der Waals surface area (Å²) < 4.78 is 24.1. The Balaban J connectivity index is 2.06. The molecule has 0 amide bonds. The van der Waals surface area contributed by atoms with Gasteiger partial charge in [-0.2, -0.15) is 0 Å². The molecule has 0 fully saturated rings. The molecule has 4 heteroatoms. The first-order chi connectivity index (χ1) is 10.2. The molecule has 2 aromatic rings. The van der Waals surface area contributed by atoms with Crippen molar-refractivity contribution in [1.82, 2.24) is 0 Å². The Morgan fingerprint density at radius 3 is 2.43 bits per heavy atom. The standard InChI is InChI=1S/C17H20FNO2/c1-20-16-10-8-13(11-17(16)21-2)15(19)9-7-12-5-3-4-6-14(12)18/h3-6,8,10-11,15H,7,9,19H2,1-2H3. The van der Waals surface area contributed by atoms with Gasteiger partial charge in [-0.05, 0) is 42.2 Å². The average Bonchev–Trinajstić information content (AvgIpc) is 2.53. The minimum Gasteiger partial charge on any atom is -0.493 e. The number of ether oxygens (including phenoxy) is 2. The molecule has 0 saturated heterocycles. The Morgan fingerprint density at radius 2 is 1.76 bits per heavy atom. The molecule has 1 unspecified atom stereocenters. The van der Waals surface area contributed by atoms with Gasteiger partial charge in [0.1, 0.15) is 5.82 Å². The number of hydrogen-bond donors (Lipinski definition) is 1. The zero-order chi connectivity index (χ0) is 15.2. The summed E-state index contributed by atoms with van der Waals surface area (Å²) in [5.41, 5.74) is 7.83. The molecule has 3 nitrogen and oxygen atoms in total. The summed E-state index contributed by atoms with van der Waals surface area (Å²) in [6, 6.07) is 12.2. The van der Waals surface area contributed by atoms with Crippen LogP contribution in [0.1, 0.15) is 23.6 Å². The maximum Gasteiger partial charge on any atom is 0.161 e. The number of rotatable bonds is 6. The predicted octanol–water partition coefficient (Wildman–Crippen LogP) is 3.48. The summed E-state index contributed by atoms with van der Waals surface area (Å²) >= 11 is 0. The van der Waals surface area contributed by atoms with E-state index in [2.05, 4.69) is 0 Å². The quantitative estimate of drug-likeness (QED) is 0.885. The SMILES string of the molecule is COc1ccc(C(N)CCc2ccccc2F)cc1OC. The predicted molar refractivity (Wildman–Crippen MR) is 81.2 cm³/mol. The summed E-state index contributed by atoms with van der Waals surface area (Å²) in [6.45, 7) is 0. The van der Waals surface area contributed by atoms with Gasteiger partial charge in [0, 0.05) is 6.04 Å². The van der Waals surface area contributed by atoms with E-state index in [1.165, 1.54) is 6.07 Å². The number of nitrogens with two attached hydrogens (primary N) is 1. The third-order valence-electron chi connectivity index (χ3n) is 3.52. The van der Waals surface area contributed by atoms with Crippen molar-refractivity contribution in [3.05, 3.63) is 59.4 Å². The molecule has 21 heavy (non-hydrogen) atoms. The third kappa shape index (κ3) is 3.73. The molecule has 0 spiro atoms. The van der Waals surface area contributed by atoms with E-state index >= 15 is 0 Å². The molecule has 0 heterocycles. The van der Waals surface area contributed by atoms with Crippen LogP contribution in [-0.2, 0) is 6.42 Å². The molecule has 1 atom stereocenters. The van der Waals surface area contributed by atoms with Crippen LogP contribution in [0.2, 0.25) is 0 Å². The first-order valence-corrected chi connectivity index (χ1v) is 6.86. The van der Waals surface area contributed by atoms with Gasteiger partial charge in [0.05, 0.1) is 14.2 Å². The van der Waals surface area contributed by atoms with Gasteiger partial charge in [-0.3, -0.25) is 0 Å². The number of methoxy groups -OCH3 is 2. The normalized spacial score (nSPS) is 12.0. The highest BCUT2D eigenvalue weighted by Gasteiger charge is 2.11. The molecule has 0 saturated carbocycles. The largest absolute Gasteiger partial charge is 0.493 e. The van der Waals surface area contributed by atoms with E-state index in [9.17, 15) is 4.39 Å². The maximum atomic E-state index is 13.6. The van der Waals surface area contributed by atoms with E-state index in [0.29, 0.717) is 29.9 Å². The van der Waals surface area contributed by atoms with Gasteiger partial charge < -0.3 is 15.2 Å². The molecular weight excluding hydrogens is 269 g/mol. The second-order valence-corrected chi connectivity index (χ2v) is 4.85. The molecule has 0 aliphatic rings. The second kappa shape index (κ2) is 7.09. The highest BCUT2D eigenvalue weighted by molar-refractivity contribution is 5.43. The van der Waals surface area contributed by atoms with E-state index in [1.807, 2.05) is 24.3 Å². The lowest BCUT2D eigenvalue weighted by atomic mass is 9.99. The molecule has 0 radical (unpaired) electrons. The van der Waals surface area contributed by atoms with Gasteiger partial charge in [-0.25, -0.2) is 4.39 Å². The number of hydrogen-bond acceptors (Lipinski definition) is 3. The highest BCUT2D eigenvalue weighted by Crippen LogP contribution is 2.30. The molecule has 112 valence electrons. The molecule has 2 aromatic carbocycles. The van der Waals surface area contributed by atoms with Gasteiger partial charge in [-0.15, -0.1) is 0 Å². The van der Waals surface area contributed by atoms with Crippen LogP contribution >= 0.6 is 0 Å². The zero-order valence-corrected chi connectivity index (χ0v) is 12.3. The first kappa shape index (κ1) is 15.3. The summed E-state index contributed by atoms with van der Waals surface area (Å²) in [5.74, 6) is 1.14. The van der Waals surface area contributed by atoms with Crippen LogP contribution in [0, 0.1) is 5.82 Å².